The van der Waals surface area contributed by atoms with Crippen LogP contribution in [0.3, 0.4) is 0 Å². The summed E-state index contributed by atoms with van der Waals surface area (Å²) in [5.74, 6) is -0.978. The van der Waals surface area contributed by atoms with Crippen LogP contribution in [0.5, 0.6) is 5.75 Å². The highest BCUT2D eigenvalue weighted by Gasteiger charge is 2.32. The average molecular weight is 286 g/mol. The predicted octanol–water partition coefficient (Wildman–Crippen LogP) is 3.88. The fourth-order valence-electron chi connectivity index (χ4n) is 1.86. The molecule has 0 fully saturated rings. The van der Waals surface area contributed by atoms with Gasteiger partial charge in [-0.05, 0) is 29.3 Å². The lowest BCUT2D eigenvalue weighted by atomic mass is 9.99. The number of aliphatic hydroxyl groups excluding tert-OH is 1. The van der Waals surface area contributed by atoms with Crippen molar-refractivity contribution in [2.45, 2.75) is 13.0 Å². The van der Waals surface area contributed by atoms with Crippen LogP contribution in [0.4, 0.5) is 17.6 Å². The fraction of sp³-hybridized carbons (Fsp3) is 0.143. The van der Waals surface area contributed by atoms with Crippen LogP contribution in [-0.2, 0) is 6.61 Å². The summed E-state index contributed by atoms with van der Waals surface area (Å²) in [6.07, 6.45) is -4.82. The SMILES string of the molecule is OCc1cc(F)ccc1-c1ccccc1OC(F)(F)F. The number of alkyl halides is 3. The average Bonchev–Trinajstić information content (AvgIpc) is 2.38. The molecule has 2 nitrogen and oxygen atoms in total. The molecule has 0 unspecified atom stereocenters. The van der Waals surface area contributed by atoms with Crippen molar-refractivity contribution in [1.29, 1.82) is 0 Å². The molecule has 0 radical (unpaired) electrons. The van der Waals surface area contributed by atoms with Gasteiger partial charge in [0.15, 0.2) is 0 Å². The molecule has 20 heavy (non-hydrogen) atoms. The lowest BCUT2D eigenvalue weighted by Gasteiger charge is -2.15. The molecular formula is C14H10F4O2. The summed E-state index contributed by atoms with van der Waals surface area (Å²) >= 11 is 0. The van der Waals surface area contributed by atoms with E-state index in [0.29, 0.717) is 0 Å². The number of halogens is 4. The topological polar surface area (TPSA) is 29.5 Å². The Balaban J connectivity index is 2.53. The second kappa shape index (κ2) is 5.50. The van der Waals surface area contributed by atoms with Crippen LogP contribution in [0.2, 0.25) is 0 Å². The van der Waals surface area contributed by atoms with Gasteiger partial charge in [0.1, 0.15) is 11.6 Å². The van der Waals surface area contributed by atoms with E-state index < -0.39 is 24.5 Å². The maximum Gasteiger partial charge on any atom is 0.573 e. The number of rotatable bonds is 3. The van der Waals surface area contributed by atoms with E-state index in [1.54, 1.807) is 0 Å². The maximum absolute atomic E-state index is 13.1. The molecule has 106 valence electrons. The van der Waals surface area contributed by atoms with Crippen LogP contribution < -0.4 is 4.74 Å². The van der Waals surface area contributed by atoms with Gasteiger partial charge >= 0.3 is 6.36 Å². The highest BCUT2D eigenvalue weighted by atomic mass is 19.4. The van der Waals surface area contributed by atoms with Crippen LogP contribution in [-0.4, -0.2) is 11.5 Å². The molecule has 0 atom stereocenters. The van der Waals surface area contributed by atoms with E-state index in [-0.39, 0.29) is 16.7 Å². The van der Waals surface area contributed by atoms with Crippen molar-refractivity contribution in [3.63, 3.8) is 0 Å². The van der Waals surface area contributed by atoms with Gasteiger partial charge in [-0.25, -0.2) is 4.39 Å². The summed E-state index contributed by atoms with van der Waals surface area (Å²) in [5.41, 5.74) is 0.603. The molecule has 2 aromatic rings. The first-order valence-electron chi connectivity index (χ1n) is 5.65. The molecule has 0 amide bonds. The van der Waals surface area contributed by atoms with E-state index in [4.69, 9.17) is 0 Å². The Hall–Kier alpha value is -2.08. The van der Waals surface area contributed by atoms with Crippen molar-refractivity contribution in [1.82, 2.24) is 0 Å². The summed E-state index contributed by atoms with van der Waals surface area (Å²) < 4.78 is 54.1. The Morgan fingerprint density at radius 2 is 1.70 bits per heavy atom. The van der Waals surface area contributed by atoms with E-state index in [2.05, 4.69) is 4.74 Å². The zero-order valence-electron chi connectivity index (χ0n) is 10.1. The smallest absolute Gasteiger partial charge is 0.405 e. The molecule has 0 bridgehead atoms. The molecule has 0 aromatic heterocycles. The monoisotopic (exact) mass is 286 g/mol. The molecule has 0 saturated carbocycles. The molecule has 0 aliphatic heterocycles. The van der Waals surface area contributed by atoms with E-state index in [0.717, 1.165) is 18.2 Å². The second-order valence-corrected chi connectivity index (χ2v) is 4.00. The highest BCUT2D eigenvalue weighted by molar-refractivity contribution is 5.73. The van der Waals surface area contributed by atoms with Gasteiger partial charge in [0.2, 0.25) is 0 Å². The van der Waals surface area contributed by atoms with Gasteiger partial charge in [0, 0.05) is 5.56 Å². The van der Waals surface area contributed by atoms with Crippen molar-refractivity contribution in [3.05, 3.63) is 53.8 Å². The molecule has 0 aliphatic rings. The molecule has 2 rings (SSSR count). The summed E-state index contributed by atoms with van der Waals surface area (Å²) in [6.45, 7) is -0.493. The Kier molecular flexibility index (Phi) is 3.94. The molecular weight excluding hydrogens is 276 g/mol. The Morgan fingerprint density at radius 3 is 2.35 bits per heavy atom. The van der Waals surface area contributed by atoms with Crippen LogP contribution >= 0.6 is 0 Å². The summed E-state index contributed by atoms with van der Waals surface area (Å²) in [4.78, 5) is 0. The first-order valence-corrected chi connectivity index (χ1v) is 5.65. The van der Waals surface area contributed by atoms with Gasteiger partial charge in [-0.3, -0.25) is 0 Å². The minimum absolute atomic E-state index is 0.133. The van der Waals surface area contributed by atoms with Gasteiger partial charge in [-0.2, -0.15) is 0 Å². The molecule has 0 aliphatic carbocycles. The molecule has 1 N–H and O–H groups in total. The first-order chi connectivity index (χ1) is 9.40. The molecule has 0 spiro atoms. The second-order valence-electron chi connectivity index (χ2n) is 4.00. The highest BCUT2D eigenvalue weighted by Crippen LogP contribution is 2.35. The third-order valence-corrected chi connectivity index (χ3v) is 2.64. The minimum atomic E-state index is -4.82. The molecule has 6 heteroatoms. The third-order valence-electron chi connectivity index (χ3n) is 2.64. The van der Waals surface area contributed by atoms with Crippen molar-refractivity contribution in [2.24, 2.45) is 0 Å². The van der Waals surface area contributed by atoms with E-state index in [1.165, 1.54) is 24.3 Å². The Morgan fingerprint density at radius 1 is 1.00 bits per heavy atom. The van der Waals surface area contributed by atoms with E-state index in [1.807, 2.05) is 0 Å². The zero-order chi connectivity index (χ0) is 14.8. The quantitative estimate of drug-likeness (QED) is 0.868. The van der Waals surface area contributed by atoms with Crippen LogP contribution in [0.25, 0.3) is 11.1 Å². The number of para-hydroxylation sites is 1. The van der Waals surface area contributed by atoms with Crippen LogP contribution in [0.15, 0.2) is 42.5 Å². The Labute approximate surface area is 112 Å². The van der Waals surface area contributed by atoms with Gasteiger partial charge in [-0.15, -0.1) is 13.2 Å². The van der Waals surface area contributed by atoms with Crippen LogP contribution in [0.1, 0.15) is 5.56 Å². The summed E-state index contributed by atoms with van der Waals surface area (Å²) in [6, 6.07) is 8.98. The molecule has 0 saturated heterocycles. The number of ether oxygens (including phenoxy) is 1. The van der Waals surface area contributed by atoms with Crippen molar-refractivity contribution >= 4 is 0 Å². The van der Waals surface area contributed by atoms with Crippen molar-refractivity contribution in [2.75, 3.05) is 0 Å². The van der Waals surface area contributed by atoms with Gasteiger partial charge < -0.3 is 9.84 Å². The zero-order valence-corrected chi connectivity index (χ0v) is 10.1. The van der Waals surface area contributed by atoms with E-state index in [9.17, 15) is 22.7 Å². The predicted molar refractivity (Wildman–Crippen MR) is 64.4 cm³/mol. The molecule has 0 heterocycles. The maximum atomic E-state index is 13.1. The fourth-order valence-corrected chi connectivity index (χ4v) is 1.86. The molecule has 2 aromatic carbocycles. The van der Waals surface area contributed by atoms with Crippen molar-refractivity contribution < 1.29 is 27.4 Å². The lowest BCUT2D eigenvalue weighted by molar-refractivity contribution is -0.274. The third kappa shape index (κ3) is 3.27. The van der Waals surface area contributed by atoms with Gasteiger partial charge in [0.25, 0.3) is 0 Å². The van der Waals surface area contributed by atoms with Gasteiger partial charge in [-0.1, -0.05) is 24.3 Å². The van der Waals surface area contributed by atoms with Crippen LogP contribution in [0, 0.1) is 5.82 Å². The first kappa shape index (κ1) is 14.3. The number of benzene rings is 2. The standard InChI is InChI=1S/C14H10F4O2/c15-10-5-6-11(9(7-10)8-19)12-3-1-2-4-13(12)20-14(16,17)18/h1-7,19H,8H2. The number of hydrogen-bond donors (Lipinski definition) is 1. The largest absolute Gasteiger partial charge is 0.573 e. The number of aliphatic hydroxyl groups is 1. The van der Waals surface area contributed by atoms with Crippen molar-refractivity contribution in [3.8, 4) is 16.9 Å². The minimum Gasteiger partial charge on any atom is -0.405 e. The Bertz CT molecular complexity index is 608. The normalized spacial score (nSPS) is 11.4. The summed E-state index contributed by atoms with van der Waals surface area (Å²) in [7, 11) is 0. The number of hydrogen-bond acceptors (Lipinski definition) is 2. The van der Waals surface area contributed by atoms with Gasteiger partial charge in [0.05, 0.1) is 6.61 Å². The summed E-state index contributed by atoms with van der Waals surface area (Å²) in [5, 5.41) is 9.20. The van der Waals surface area contributed by atoms with E-state index >= 15 is 0 Å². The lowest BCUT2D eigenvalue weighted by Crippen LogP contribution is -2.17.